The first-order valence-corrected chi connectivity index (χ1v) is 9.50. The van der Waals surface area contributed by atoms with Crippen molar-refractivity contribution < 1.29 is 32.2 Å². The topological polar surface area (TPSA) is 82.3 Å². The van der Waals surface area contributed by atoms with Crippen LogP contribution in [0.4, 0.5) is 17.6 Å². The monoisotopic (exact) mass is 428 g/mol. The number of carboxylic acids is 1. The third kappa shape index (κ3) is 4.15. The highest BCUT2D eigenvalue weighted by molar-refractivity contribution is 5.80. The molecule has 0 spiro atoms. The van der Waals surface area contributed by atoms with Crippen molar-refractivity contribution in [2.24, 2.45) is 5.41 Å². The largest absolute Gasteiger partial charge is 0.481 e. The number of unbranched alkanes of at least 4 members (excludes halogenated alkanes) is 1. The molecule has 5 nitrogen and oxygen atoms in total. The van der Waals surface area contributed by atoms with Crippen molar-refractivity contribution >= 4 is 5.97 Å². The number of nitrogens with one attached hydrogen (secondary N) is 1. The van der Waals surface area contributed by atoms with Crippen molar-refractivity contribution in [3.63, 3.8) is 0 Å². The minimum atomic E-state index is -4.93. The molecule has 1 heterocycles. The van der Waals surface area contributed by atoms with E-state index >= 15 is 0 Å². The number of hydrogen-bond donors (Lipinski definition) is 2. The second-order valence-corrected chi connectivity index (χ2v) is 7.41. The normalized spacial score (nSPS) is 24.3. The summed E-state index contributed by atoms with van der Waals surface area (Å²) in [6, 6.07) is 3.15. The molecule has 164 valence electrons. The quantitative estimate of drug-likeness (QED) is 0.620. The van der Waals surface area contributed by atoms with Gasteiger partial charge in [0.1, 0.15) is 11.2 Å². The number of rotatable bonds is 7. The summed E-state index contributed by atoms with van der Waals surface area (Å²) in [6.07, 6.45) is -3.91. The molecule has 0 bridgehead atoms. The van der Waals surface area contributed by atoms with Crippen LogP contribution in [0.1, 0.15) is 50.2 Å². The maximum atomic E-state index is 13.8. The second kappa shape index (κ2) is 9.04. The molecular weight excluding hydrogens is 404 g/mol. The van der Waals surface area contributed by atoms with Crippen molar-refractivity contribution in [3.8, 4) is 6.07 Å². The summed E-state index contributed by atoms with van der Waals surface area (Å²) >= 11 is 0. The Balaban J connectivity index is 2.93. The number of alkyl halides is 3. The number of ether oxygens (including phenoxy) is 1. The van der Waals surface area contributed by atoms with Crippen molar-refractivity contribution in [1.29, 1.82) is 5.26 Å². The van der Waals surface area contributed by atoms with E-state index in [-0.39, 0.29) is 24.3 Å². The fourth-order valence-electron chi connectivity index (χ4n) is 4.27. The molecule has 3 atom stereocenters. The Morgan fingerprint density at radius 3 is 2.57 bits per heavy atom. The van der Waals surface area contributed by atoms with Gasteiger partial charge in [0.15, 0.2) is 0 Å². The molecule has 0 fully saturated rings. The lowest BCUT2D eigenvalue weighted by atomic mass is 9.59. The molecular formula is C21H24F4N2O3. The first-order chi connectivity index (χ1) is 14.0. The number of hydrogen-bond acceptors (Lipinski definition) is 4. The summed E-state index contributed by atoms with van der Waals surface area (Å²) in [6.45, 7) is 3.25. The number of halogens is 4. The van der Waals surface area contributed by atoms with E-state index in [2.05, 4.69) is 5.32 Å². The van der Waals surface area contributed by atoms with Gasteiger partial charge in [0.2, 0.25) is 0 Å². The zero-order chi connectivity index (χ0) is 22.7. The molecule has 0 radical (unpaired) electrons. The van der Waals surface area contributed by atoms with E-state index in [4.69, 9.17) is 4.74 Å². The number of nitriles is 1. The summed E-state index contributed by atoms with van der Waals surface area (Å²) in [5.74, 6) is -3.86. The Morgan fingerprint density at radius 2 is 2.07 bits per heavy atom. The van der Waals surface area contributed by atoms with E-state index in [0.717, 1.165) is 12.1 Å². The first kappa shape index (κ1) is 23.7. The van der Waals surface area contributed by atoms with Gasteiger partial charge in [-0.25, -0.2) is 4.39 Å². The number of carboxylic acid groups (broad SMARTS) is 1. The minimum Gasteiger partial charge on any atom is -0.481 e. The number of aliphatic carboxylic acids is 1. The van der Waals surface area contributed by atoms with Gasteiger partial charge in [-0.05, 0) is 31.0 Å². The van der Waals surface area contributed by atoms with Gasteiger partial charge in [-0.15, -0.1) is 0 Å². The van der Waals surface area contributed by atoms with Gasteiger partial charge in [-0.2, -0.15) is 18.4 Å². The lowest BCUT2D eigenvalue weighted by Crippen LogP contribution is -2.59. The number of benzene rings is 1. The average Bonchev–Trinajstić information content (AvgIpc) is 2.66. The molecule has 1 aliphatic heterocycles. The maximum Gasteiger partial charge on any atom is 0.416 e. The van der Waals surface area contributed by atoms with Crippen LogP contribution in [-0.2, 0) is 15.7 Å². The Bertz CT molecular complexity index is 876. The third-order valence-corrected chi connectivity index (χ3v) is 5.65. The van der Waals surface area contributed by atoms with Gasteiger partial charge in [0.25, 0.3) is 0 Å². The summed E-state index contributed by atoms with van der Waals surface area (Å²) in [5.41, 5.74) is -3.35. The predicted molar refractivity (Wildman–Crippen MR) is 101 cm³/mol. The molecule has 2 rings (SSSR count). The van der Waals surface area contributed by atoms with E-state index in [0.29, 0.717) is 18.9 Å². The van der Waals surface area contributed by atoms with Gasteiger partial charge in [0, 0.05) is 18.7 Å². The molecule has 0 aromatic heterocycles. The lowest BCUT2D eigenvalue weighted by molar-refractivity contribution is -0.155. The van der Waals surface area contributed by atoms with Gasteiger partial charge in [-0.3, -0.25) is 4.79 Å². The summed E-state index contributed by atoms with van der Waals surface area (Å²) in [5, 5.41) is 23.0. The Hall–Kier alpha value is -2.60. The standard InChI is InChI=1S/C21H24F4N2O3/c1-4-5-8-20(19(28)29)17(11-30-3)27-12(2)15(10-26)18(20)14-7-6-13(22)9-16(14)21(23,24)25/h6-7,9,17-18,27H,4-5,8,11H2,1-3H3,(H,28,29). The van der Waals surface area contributed by atoms with E-state index in [9.17, 15) is 32.7 Å². The van der Waals surface area contributed by atoms with E-state index in [1.54, 1.807) is 0 Å². The van der Waals surface area contributed by atoms with Crippen molar-refractivity contribution in [3.05, 3.63) is 46.4 Å². The van der Waals surface area contributed by atoms with Gasteiger partial charge in [-0.1, -0.05) is 25.8 Å². The summed E-state index contributed by atoms with van der Waals surface area (Å²) in [4.78, 5) is 12.7. The van der Waals surface area contributed by atoms with Crippen molar-refractivity contribution in [2.45, 2.75) is 51.2 Å². The lowest BCUT2D eigenvalue weighted by Gasteiger charge is -2.48. The van der Waals surface area contributed by atoms with Crippen LogP contribution in [-0.4, -0.2) is 30.8 Å². The molecule has 0 saturated heterocycles. The van der Waals surface area contributed by atoms with Crippen molar-refractivity contribution in [2.75, 3.05) is 13.7 Å². The molecule has 30 heavy (non-hydrogen) atoms. The first-order valence-electron chi connectivity index (χ1n) is 9.50. The smallest absolute Gasteiger partial charge is 0.416 e. The molecule has 1 aromatic carbocycles. The van der Waals surface area contributed by atoms with Crippen molar-refractivity contribution in [1.82, 2.24) is 5.32 Å². The number of carbonyl (C=O) groups is 1. The molecule has 2 N–H and O–H groups in total. The molecule has 9 heteroatoms. The van der Waals surface area contributed by atoms with Gasteiger partial charge < -0.3 is 15.2 Å². The zero-order valence-electron chi connectivity index (χ0n) is 16.9. The molecule has 1 aromatic rings. The predicted octanol–water partition coefficient (Wildman–Crippen LogP) is 4.61. The number of nitrogens with zero attached hydrogens (tertiary/aromatic N) is 1. The second-order valence-electron chi connectivity index (χ2n) is 7.41. The van der Waals surface area contributed by atoms with Crippen LogP contribution in [0, 0.1) is 22.6 Å². The molecule has 0 aliphatic carbocycles. The van der Waals surface area contributed by atoms with Crippen LogP contribution in [0.3, 0.4) is 0 Å². The SMILES string of the molecule is CCCCC1(C(=O)O)C(COC)NC(C)=C(C#N)C1c1ccc(F)cc1C(F)(F)F. The van der Waals surface area contributed by atoms with E-state index in [1.807, 2.05) is 13.0 Å². The average molecular weight is 428 g/mol. The molecule has 0 saturated carbocycles. The highest BCUT2D eigenvalue weighted by Crippen LogP contribution is 2.53. The highest BCUT2D eigenvalue weighted by atomic mass is 19.4. The van der Waals surface area contributed by atoms with Crippen LogP contribution >= 0.6 is 0 Å². The molecule has 0 amide bonds. The van der Waals surface area contributed by atoms with Crippen LogP contribution in [0.5, 0.6) is 0 Å². The Labute approximate surface area is 172 Å². The van der Waals surface area contributed by atoms with Crippen LogP contribution < -0.4 is 5.32 Å². The fraction of sp³-hybridized carbons (Fsp3) is 0.524. The van der Waals surface area contributed by atoms with E-state index in [1.165, 1.54) is 14.0 Å². The van der Waals surface area contributed by atoms with Crippen LogP contribution in [0.25, 0.3) is 0 Å². The molecule has 3 unspecified atom stereocenters. The number of methoxy groups -OCH3 is 1. The van der Waals surface area contributed by atoms with Crippen LogP contribution in [0.15, 0.2) is 29.5 Å². The number of allylic oxidation sites excluding steroid dienone is 2. The van der Waals surface area contributed by atoms with Gasteiger partial charge in [0.05, 0.1) is 29.9 Å². The Morgan fingerprint density at radius 1 is 1.40 bits per heavy atom. The summed E-state index contributed by atoms with van der Waals surface area (Å²) < 4.78 is 60.3. The summed E-state index contributed by atoms with van der Waals surface area (Å²) in [7, 11) is 1.36. The van der Waals surface area contributed by atoms with Crippen LogP contribution in [0.2, 0.25) is 0 Å². The van der Waals surface area contributed by atoms with Gasteiger partial charge >= 0.3 is 12.1 Å². The van der Waals surface area contributed by atoms with E-state index < -0.39 is 46.5 Å². The fourth-order valence-corrected chi connectivity index (χ4v) is 4.27. The zero-order valence-corrected chi connectivity index (χ0v) is 16.9. The maximum absolute atomic E-state index is 13.8. The minimum absolute atomic E-state index is 0.0116. The highest BCUT2D eigenvalue weighted by Gasteiger charge is 2.57. The molecule has 1 aliphatic rings. The third-order valence-electron chi connectivity index (χ3n) is 5.65. The Kier molecular flexibility index (Phi) is 7.14.